The molecule has 3 nitrogen and oxygen atoms in total. The average Bonchev–Trinajstić information content (AvgIpc) is 3.76. The summed E-state index contributed by atoms with van der Waals surface area (Å²) in [5.74, 6) is 1.23. The molecule has 0 spiro atoms. The minimum Gasteiger partial charge on any atom is -0.333 e. The Labute approximate surface area is 264 Å². The van der Waals surface area contributed by atoms with Gasteiger partial charge in [-0.1, -0.05) is 109 Å². The fourth-order valence-corrected chi connectivity index (χ4v) is 8.87. The molecule has 212 valence electrons. The lowest BCUT2D eigenvalue weighted by Gasteiger charge is -2.29. The van der Waals surface area contributed by atoms with Gasteiger partial charge in [0.2, 0.25) is 0 Å². The second kappa shape index (κ2) is 9.52. The number of hydrogen-bond donors (Lipinski definition) is 0. The van der Waals surface area contributed by atoms with Gasteiger partial charge >= 0.3 is 0 Å². The fourth-order valence-electron chi connectivity index (χ4n) is 7.65. The molecule has 10 rings (SSSR count). The maximum absolute atomic E-state index is 5.38. The Hall–Kier alpha value is -5.45. The lowest BCUT2D eigenvalue weighted by molar-refractivity contribution is 0.745. The van der Waals surface area contributed by atoms with Gasteiger partial charge in [0.25, 0.3) is 0 Å². The molecule has 0 bridgehead atoms. The van der Waals surface area contributed by atoms with E-state index in [1.165, 1.54) is 64.5 Å². The van der Waals surface area contributed by atoms with Gasteiger partial charge in [-0.2, -0.15) is 0 Å². The lowest BCUT2D eigenvalue weighted by atomic mass is 9.91. The van der Waals surface area contributed by atoms with E-state index >= 15 is 0 Å². The highest BCUT2D eigenvalue weighted by Gasteiger charge is 2.39. The van der Waals surface area contributed by atoms with Crippen LogP contribution in [0.15, 0.2) is 152 Å². The summed E-state index contributed by atoms with van der Waals surface area (Å²) in [7, 11) is 0. The molecule has 8 aromatic rings. The number of fused-ring (bicyclic) bond motifs is 10. The van der Waals surface area contributed by atoms with E-state index in [1.807, 2.05) is 11.3 Å². The summed E-state index contributed by atoms with van der Waals surface area (Å²) in [6.45, 7) is 0. The standard InChI is InChI=1S/C41H27N3S/c1-2-12-26(13-3-1)43-34-20-7-4-14-27(34)29-24-25-36-39(40(29)43)32-16-5-8-21-35(32)44(36)38-23-11-19-33(42-38)31-18-10-17-30-28-15-6-9-22-37(28)45-41(30)31/h1-25,27,34H. The van der Waals surface area contributed by atoms with Gasteiger partial charge < -0.3 is 4.90 Å². The molecule has 0 amide bonds. The molecule has 0 N–H and O–H groups in total. The summed E-state index contributed by atoms with van der Waals surface area (Å²) in [6, 6.07) is 46.3. The Morgan fingerprint density at radius 2 is 1.38 bits per heavy atom. The Balaban J connectivity index is 1.23. The van der Waals surface area contributed by atoms with Crippen LogP contribution in [0.25, 0.3) is 59.1 Å². The first-order valence-corrected chi connectivity index (χ1v) is 16.3. The van der Waals surface area contributed by atoms with Gasteiger partial charge in [-0.3, -0.25) is 4.57 Å². The van der Waals surface area contributed by atoms with Crippen LogP contribution in [-0.4, -0.2) is 15.6 Å². The van der Waals surface area contributed by atoms with E-state index in [4.69, 9.17) is 4.98 Å². The van der Waals surface area contributed by atoms with E-state index in [1.54, 1.807) is 0 Å². The minimum atomic E-state index is 0.239. The van der Waals surface area contributed by atoms with Crippen LogP contribution in [0.1, 0.15) is 11.5 Å². The fraction of sp³-hybridized carbons (Fsp3) is 0.0488. The molecule has 0 fully saturated rings. The van der Waals surface area contributed by atoms with Gasteiger partial charge in [-0.25, -0.2) is 4.98 Å². The predicted octanol–water partition coefficient (Wildman–Crippen LogP) is 10.9. The summed E-state index contributed by atoms with van der Waals surface area (Å²) in [6.07, 6.45) is 9.09. The molecule has 0 saturated carbocycles. The summed E-state index contributed by atoms with van der Waals surface area (Å²) in [5.41, 5.74) is 8.39. The number of para-hydroxylation sites is 2. The zero-order valence-electron chi connectivity index (χ0n) is 24.3. The molecule has 0 saturated heterocycles. The first-order chi connectivity index (χ1) is 22.3. The third-order valence-corrected chi connectivity index (χ3v) is 10.7. The van der Waals surface area contributed by atoms with Crippen molar-refractivity contribution in [3.05, 3.63) is 157 Å². The van der Waals surface area contributed by atoms with Gasteiger partial charge in [0.15, 0.2) is 0 Å². The number of hydrogen-bond acceptors (Lipinski definition) is 3. The number of nitrogens with zero attached hydrogens (tertiary/aromatic N) is 3. The van der Waals surface area contributed by atoms with Crippen molar-refractivity contribution in [2.75, 3.05) is 4.90 Å². The monoisotopic (exact) mass is 593 g/mol. The van der Waals surface area contributed by atoms with Crippen molar-refractivity contribution in [2.24, 2.45) is 0 Å². The van der Waals surface area contributed by atoms with E-state index in [0.29, 0.717) is 5.92 Å². The van der Waals surface area contributed by atoms with Crippen molar-refractivity contribution < 1.29 is 0 Å². The van der Waals surface area contributed by atoms with Crippen LogP contribution in [0.3, 0.4) is 0 Å². The molecule has 4 heterocycles. The Morgan fingerprint density at radius 3 is 2.31 bits per heavy atom. The number of pyridine rings is 1. The largest absolute Gasteiger partial charge is 0.333 e. The van der Waals surface area contributed by atoms with Crippen molar-refractivity contribution in [3.63, 3.8) is 0 Å². The summed E-state index contributed by atoms with van der Waals surface area (Å²) >= 11 is 1.85. The third kappa shape index (κ3) is 3.54. The van der Waals surface area contributed by atoms with E-state index in [2.05, 4.69) is 161 Å². The molecular formula is C41H27N3S. The number of rotatable bonds is 3. The zero-order valence-corrected chi connectivity index (χ0v) is 25.2. The number of allylic oxidation sites excluding steroid dienone is 2. The molecule has 2 aliphatic rings. The van der Waals surface area contributed by atoms with Crippen molar-refractivity contribution >= 4 is 64.7 Å². The molecule has 0 radical (unpaired) electrons. The van der Waals surface area contributed by atoms with Crippen molar-refractivity contribution in [3.8, 4) is 17.1 Å². The smallest absolute Gasteiger partial charge is 0.138 e. The van der Waals surface area contributed by atoms with Gasteiger partial charge in [-0.15, -0.1) is 11.3 Å². The van der Waals surface area contributed by atoms with Crippen LogP contribution in [0.5, 0.6) is 0 Å². The first kappa shape index (κ1) is 24.9. The van der Waals surface area contributed by atoms with Crippen molar-refractivity contribution in [2.45, 2.75) is 12.0 Å². The lowest BCUT2D eigenvalue weighted by Crippen LogP contribution is -2.28. The Morgan fingerprint density at radius 1 is 0.600 bits per heavy atom. The van der Waals surface area contributed by atoms with Gasteiger partial charge in [-0.05, 0) is 48.0 Å². The number of anilines is 2. The normalized spacial score (nSPS) is 17.1. The molecule has 5 aromatic carbocycles. The third-order valence-electron chi connectivity index (χ3n) is 9.52. The van der Waals surface area contributed by atoms with Crippen LogP contribution in [0, 0.1) is 0 Å². The van der Waals surface area contributed by atoms with Crippen LogP contribution in [0.2, 0.25) is 0 Å². The predicted molar refractivity (Wildman–Crippen MR) is 190 cm³/mol. The second-order valence-corrected chi connectivity index (χ2v) is 13.0. The summed E-state index contributed by atoms with van der Waals surface area (Å²) < 4.78 is 4.95. The Bertz CT molecular complexity index is 2520. The molecule has 2 atom stereocenters. The highest BCUT2D eigenvalue weighted by molar-refractivity contribution is 7.26. The van der Waals surface area contributed by atoms with Crippen LogP contribution < -0.4 is 4.90 Å². The second-order valence-electron chi connectivity index (χ2n) is 11.9. The number of benzene rings is 5. The first-order valence-electron chi connectivity index (χ1n) is 15.5. The maximum atomic E-state index is 5.38. The average molecular weight is 594 g/mol. The molecule has 45 heavy (non-hydrogen) atoms. The van der Waals surface area contributed by atoms with E-state index in [0.717, 1.165) is 11.5 Å². The molecular weight excluding hydrogens is 567 g/mol. The van der Waals surface area contributed by atoms with E-state index in [-0.39, 0.29) is 6.04 Å². The number of aromatic nitrogens is 2. The summed E-state index contributed by atoms with van der Waals surface area (Å²) in [5, 5.41) is 5.12. The molecule has 1 aliphatic carbocycles. The van der Waals surface area contributed by atoms with Crippen molar-refractivity contribution in [1.29, 1.82) is 0 Å². The molecule has 1 aliphatic heterocycles. The van der Waals surface area contributed by atoms with Gasteiger partial charge in [0.1, 0.15) is 5.82 Å². The topological polar surface area (TPSA) is 21.1 Å². The Kier molecular flexibility index (Phi) is 5.28. The van der Waals surface area contributed by atoms with Crippen LogP contribution in [-0.2, 0) is 0 Å². The molecule has 4 heteroatoms. The minimum absolute atomic E-state index is 0.239. The summed E-state index contributed by atoms with van der Waals surface area (Å²) in [4.78, 5) is 7.93. The molecule has 3 aromatic heterocycles. The van der Waals surface area contributed by atoms with Crippen LogP contribution >= 0.6 is 11.3 Å². The highest BCUT2D eigenvalue weighted by Crippen LogP contribution is 2.53. The zero-order chi connectivity index (χ0) is 29.5. The van der Waals surface area contributed by atoms with Gasteiger partial charge in [0.05, 0.1) is 28.5 Å². The number of thiophene rings is 1. The van der Waals surface area contributed by atoms with E-state index < -0.39 is 0 Å². The maximum Gasteiger partial charge on any atom is 0.138 e. The van der Waals surface area contributed by atoms with E-state index in [9.17, 15) is 0 Å². The van der Waals surface area contributed by atoms with Crippen molar-refractivity contribution in [1.82, 2.24) is 9.55 Å². The molecule has 2 unspecified atom stereocenters. The quantitative estimate of drug-likeness (QED) is 0.203. The van der Waals surface area contributed by atoms with Crippen LogP contribution in [0.4, 0.5) is 11.4 Å². The van der Waals surface area contributed by atoms with Gasteiger partial charge in [0, 0.05) is 48.1 Å². The highest BCUT2D eigenvalue weighted by atomic mass is 32.1. The SMILES string of the molecule is C1=CC2c3ccc4c(c3N(c3ccccc3)C2C=C1)c1ccccc1n4-c1cccc(-c2cccc3c2sc2ccccc23)n1.